The van der Waals surface area contributed by atoms with Gasteiger partial charge in [-0.25, -0.2) is 4.79 Å². The van der Waals surface area contributed by atoms with E-state index in [9.17, 15) is 9.90 Å². The first-order valence-corrected chi connectivity index (χ1v) is 13.4. The number of hydrogen-bond acceptors (Lipinski definition) is 5. The number of rotatable bonds is 13. The summed E-state index contributed by atoms with van der Waals surface area (Å²) < 4.78 is 11.3. The van der Waals surface area contributed by atoms with Crippen molar-refractivity contribution in [2.45, 2.75) is 70.6 Å². The lowest BCUT2D eigenvalue weighted by molar-refractivity contribution is -0.137. The van der Waals surface area contributed by atoms with Crippen LogP contribution in [0.1, 0.15) is 68.4 Å². The number of fused-ring (bicyclic) bond motifs is 1. The molecule has 0 bridgehead atoms. The Morgan fingerprint density at radius 3 is 2.44 bits per heavy atom. The summed E-state index contributed by atoms with van der Waals surface area (Å²) in [7, 11) is 0. The number of carbonyl (C=O) groups excluding carboxylic acids is 1. The van der Waals surface area contributed by atoms with Gasteiger partial charge in [0.1, 0.15) is 0 Å². The summed E-state index contributed by atoms with van der Waals surface area (Å²) in [5.41, 5.74) is 4.91. The summed E-state index contributed by atoms with van der Waals surface area (Å²) in [5.74, 6) is 0.737. The fraction of sp³-hybridized carbons (Fsp3) is 0.516. The van der Waals surface area contributed by atoms with Crippen LogP contribution in [0.15, 0.2) is 54.6 Å². The van der Waals surface area contributed by atoms with Crippen LogP contribution >= 0.6 is 0 Å². The van der Waals surface area contributed by atoms with Crippen LogP contribution in [0.25, 0.3) is 6.08 Å². The Morgan fingerprint density at radius 1 is 1.11 bits per heavy atom. The fourth-order valence-corrected chi connectivity index (χ4v) is 5.40. The van der Waals surface area contributed by atoms with E-state index in [2.05, 4.69) is 49.5 Å². The Morgan fingerprint density at radius 2 is 1.78 bits per heavy atom. The van der Waals surface area contributed by atoms with Gasteiger partial charge in [0.05, 0.1) is 25.4 Å². The zero-order valence-electron chi connectivity index (χ0n) is 21.9. The summed E-state index contributed by atoms with van der Waals surface area (Å²) in [4.78, 5) is 11.8. The van der Waals surface area contributed by atoms with Gasteiger partial charge in [-0.3, -0.25) is 0 Å². The average Bonchev–Trinajstić information content (AvgIpc) is 3.61. The number of esters is 1. The molecular formula is C31H41NO4. The molecular weight excluding hydrogens is 450 g/mol. The molecule has 2 aromatic carbocycles. The van der Waals surface area contributed by atoms with Gasteiger partial charge in [0.25, 0.3) is 0 Å². The third kappa shape index (κ3) is 7.52. The zero-order valence-corrected chi connectivity index (χ0v) is 21.9. The normalized spacial score (nSPS) is 17.8. The molecule has 5 nitrogen and oxygen atoms in total. The SMILES string of the molecule is CCOC(=O)C=Cc1ccccc1[C@H](OC[C@H](O)CNC(C)(C)CC1Cc2ccccc2C1)C1CC1. The van der Waals surface area contributed by atoms with Crippen LogP contribution in [0.2, 0.25) is 0 Å². The zero-order chi connectivity index (χ0) is 25.5. The van der Waals surface area contributed by atoms with Crippen molar-refractivity contribution < 1.29 is 19.4 Å². The van der Waals surface area contributed by atoms with E-state index in [4.69, 9.17) is 9.47 Å². The monoisotopic (exact) mass is 491 g/mol. The van der Waals surface area contributed by atoms with Gasteiger partial charge >= 0.3 is 5.97 Å². The second kappa shape index (κ2) is 12.2. The van der Waals surface area contributed by atoms with E-state index >= 15 is 0 Å². The maximum atomic E-state index is 11.8. The second-order valence-electron chi connectivity index (χ2n) is 11.0. The molecule has 0 aliphatic heterocycles. The summed E-state index contributed by atoms with van der Waals surface area (Å²) in [6.07, 6.45) is 8.17. The molecule has 0 aromatic heterocycles. The Bertz CT molecular complexity index is 1020. The van der Waals surface area contributed by atoms with E-state index in [1.807, 2.05) is 18.2 Å². The van der Waals surface area contributed by atoms with Gasteiger partial charge in [0, 0.05) is 18.2 Å². The van der Waals surface area contributed by atoms with Gasteiger partial charge in [-0.15, -0.1) is 0 Å². The highest BCUT2D eigenvalue weighted by atomic mass is 16.5. The van der Waals surface area contributed by atoms with Gasteiger partial charge < -0.3 is 19.9 Å². The molecule has 2 N–H and O–H groups in total. The molecule has 0 spiro atoms. The molecule has 2 aromatic rings. The Labute approximate surface area is 215 Å². The third-order valence-corrected chi connectivity index (χ3v) is 7.26. The molecule has 0 radical (unpaired) electrons. The van der Waals surface area contributed by atoms with Crippen molar-refractivity contribution in [3.05, 3.63) is 76.9 Å². The first-order valence-electron chi connectivity index (χ1n) is 13.4. The fourth-order valence-electron chi connectivity index (χ4n) is 5.40. The lowest BCUT2D eigenvalue weighted by atomic mass is 9.88. The van der Waals surface area contributed by atoms with Crippen LogP contribution in [0, 0.1) is 11.8 Å². The van der Waals surface area contributed by atoms with Crippen molar-refractivity contribution in [1.29, 1.82) is 0 Å². The minimum Gasteiger partial charge on any atom is -0.463 e. The van der Waals surface area contributed by atoms with Crippen molar-refractivity contribution in [2.24, 2.45) is 11.8 Å². The number of benzene rings is 2. The van der Waals surface area contributed by atoms with E-state index in [0.717, 1.165) is 43.2 Å². The van der Waals surface area contributed by atoms with E-state index in [0.29, 0.717) is 25.0 Å². The van der Waals surface area contributed by atoms with Crippen LogP contribution in [0.4, 0.5) is 0 Å². The van der Waals surface area contributed by atoms with Crippen LogP contribution < -0.4 is 5.32 Å². The second-order valence-corrected chi connectivity index (χ2v) is 11.0. The molecule has 4 rings (SSSR count). The molecule has 194 valence electrons. The summed E-state index contributed by atoms with van der Waals surface area (Å²) in [5, 5.41) is 14.3. The molecule has 1 saturated carbocycles. The highest BCUT2D eigenvalue weighted by molar-refractivity contribution is 5.87. The van der Waals surface area contributed by atoms with Gasteiger partial charge in [-0.1, -0.05) is 48.5 Å². The van der Waals surface area contributed by atoms with Crippen molar-refractivity contribution in [2.75, 3.05) is 19.8 Å². The molecule has 2 atom stereocenters. The molecule has 2 aliphatic carbocycles. The lowest BCUT2D eigenvalue weighted by Crippen LogP contribution is -2.45. The smallest absolute Gasteiger partial charge is 0.330 e. The van der Waals surface area contributed by atoms with Gasteiger partial charge in [-0.05, 0) is 93.0 Å². The van der Waals surface area contributed by atoms with Crippen LogP contribution in [-0.4, -0.2) is 42.5 Å². The lowest BCUT2D eigenvalue weighted by Gasteiger charge is -2.31. The highest BCUT2D eigenvalue weighted by Crippen LogP contribution is 2.44. The Kier molecular flexibility index (Phi) is 9.00. The van der Waals surface area contributed by atoms with E-state index in [1.165, 1.54) is 17.2 Å². The molecule has 0 heterocycles. The highest BCUT2D eigenvalue weighted by Gasteiger charge is 2.35. The van der Waals surface area contributed by atoms with Crippen molar-refractivity contribution in [3.8, 4) is 0 Å². The molecule has 1 fully saturated rings. The topological polar surface area (TPSA) is 67.8 Å². The Hall–Kier alpha value is -2.47. The molecule has 36 heavy (non-hydrogen) atoms. The van der Waals surface area contributed by atoms with Crippen LogP contribution in [0.5, 0.6) is 0 Å². The van der Waals surface area contributed by atoms with Crippen molar-refractivity contribution >= 4 is 12.0 Å². The summed E-state index contributed by atoms with van der Waals surface area (Å²) in [6, 6.07) is 16.8. The predicted octanol–water partition coefficient (Wildman–Crippen LogP) is 5.26. The van der Waals surface area contributed by atoms with Crippen LogP contribution in [-0.2, 0) is 27.1 Å². The minimum absolute atomic E-state index is 0.0614. The maximum absolute atomic E-state index is 11.8. The largest absolute Gasteiger partial charge is 0.463 e. The first kappa shape index (κ1) is 26.6. The predicted molar refractivity (Wildman–Crippen MR) is 144 cm³/mol. The van der Waals surface area contributed by atoms with Gasteiger partial charge in [0.15, 0.2) is 0 Å². The number of aliphatic hydroxyl groups is 1. The molecule has 0 amide bonds. The number of ether oxygens (including phenoxy) is 2. The van der Waals surface area contributed by atoms with Gasteiger partial charge in [0.2, 0.25) is 0 Å². The van der Waals surface area contributed by atoms with E-state index in [1.54, 1.807) is 13.0 Å². The van der Waals surface area contributed by atoms with E-state index < -0.39 is 6.10 Å². The number of β-amino-alcohol motifs (C(OH)–C–C–N with tert-alkyl or cyclic N) is 1. The summed E-state index contributed by atoms with van der Waals surface area (Å²) >= 11 is 0. The van der Waals surface area contributed by atoms with Crippen LogP contribution in [0.3, 0.4) is 0 Å². The molecule has 5 heteroatoms. The van der Waals surface area contributed by atoms with Crippen molar-refractivity contribution in [3.63, 3.8) is 0 Å². The summed E-state index contributed by atoms with van der Waals surface area (Å²) in [6.45, 7) is 7.37. The number of aliphatic hydroxyl groups excluding tert-OH is 1. The maximum Gasteiger partial charge on any atom is 0.330 e. The van der Waals surface area contributed by atoms with Crippen molar-refractivity contribution in [1.82, 2.24) is 5.32 Å². The van der Waals surface area contributed by atoms with E-state index in [-0.39, 0.29) is 24.2 Å². The Balaban J connectivity index is 1.28. The molecule has 0 unspecified atom stereocenters. The number of carbonyl (C=O) groups is 1. The molecule has 0 saturated heterocycles. The quantitative estimate of drug-likeness (QED) is 0.295. The average molecular weight is 492 g/mol. The molecule has 2 aliphatic rings. The minimum atomic E-state index is -0.589. The van der Waals surface area contributed by atoms with Gasteiger partial charge in [-0.2, -0.15) is 0 Å². The number of hydrogen-bond donors (Lipinski definition) is 2. The number of nitrogens with one attached hydrogen (secondary N) is 1. The standard InChI is InChI=1S/C31H41NO4/c1-4-35-29(34)16-15-23-9-7-8-12-28(23)30(24-13-14-24)36-21-27(33)20-32-31(2,3)19-22-17-25-10-5-6-11-26(25)18-22/h5-12,15-16,22,24,27,30,32-33H,4,13-14,17-21H2,1-3H3/t27-,30-/m1/s1. The first-order chi connectivity index (χ1) is 17.3. The third-order valence-electron chi connectivity index (χ3n) is 7.26.